The molecule has 1 heterocycles. The first-order chi connectivity index (χ1) is 7.61. The van der Waals surface area contributed by atoms with Crippen LogP contribution in [0.5, 0.6) is 0 Å². The van der Waals surface area contributed by atoms with Gasteiger partial charge in [-0.2, -0.15) is 0 Å². The molecule has 6 heteroatoms. The largest absolute Gasteiger partial charge is 0.367 e. The average molecular weight is 245 g/mol. The van der Waals surface area contributed by atoms with Crippen molar-refractivity contribution in [2.45, 2.75) is 6.43 Å². The predicted octanol–water partition coefficient (Wildman–Crippen LogP) is 3.51. The van der Waals surface area contributed by atoms with Crippen LogP contribution in [0.15, 0.2) is 28.9 Å². The first kappa shape index (κ1) is 10.9. The standard InChI is InChI=1S/C10H7ClF2N2O/c11-7-3-1-2-5(8(7)9(12)13)6-4-15-16-10(6)14/h1-4,9H,14H2. The van der Waals surface area contributed by atoms with Gasteiger partial charge in [-0.3, -0.25) is 0 Å². The quantitative estimate of drug-likeness (QED) is 0.879. The van der Waals surface area contributed by atoms with Gasteiger partial charge in [-0.05, 0) is 11.6 Å². The van der Waals surface area contributed by atoms with Crippen molar-refractivity contribution < 1.29 is 13.3 Å². The molecule has 1 aromatic heterocycles. The second-order valence-corrected chi connectivity index (χ2v) is 3.51. The van der Waals surface area contributed by atoms with Crippen molar-refractivity contribution in [3.63, 3.8) is 0 Å². The third kappa shape index (κ3) is 1.74. The Bertz CT molecular complexity index is 513. The molecule has 1 aromatic carbocycles. The number of aromatic nitrogens is 1. The Kier molecular flexibility index (Phi) is 2.78. The molecule has 2 N–H and O–H groups in total. The van der Waals surface area contributed by atoms with E-state index in [9.17, 15) is 8.78 Å². The fraction of sp³-hybridized carbons (Fsp3) is 0.100. The van der Waals surface area contributed by atoms with E-state index in [4.69, 9.17) is 17.3 Å². The van der Waals surface area contributed by atoms with E-state index < -0.39 is 6.43 Å². The van der Waals surface area contributed by atoms with Gasteiger partial charge in [-0.1, -0.05) is 28.9 Å². The molecule has 3 nitrogen and oxygen atoms in total. The zero-order valence-electron chi connectivity index (χ0n) is 7.95. The number of nitrogens with zero attached hydrogens (tertiary/aromatic N) is 1. The molecule has 0 atom stereocenters. The molecule has 0 unspecified atom stereocenters. The van der Waals surface area contributed by atoms with Crippen LogP contribution in [0, 0.1) is 0 Å². The minimum Gasteiger partial charge on any atom is -0.367 e. The predicted molar refractivity (Wildman–Crippen MR) is 56.3 cm³/mol. The van der Waals surface area contributed by atoms with Gasteiger partial charge in [0.2, 0.25) is 5.88 Å². The summed E-state index contributed by atoms with van der Waals surface area (Å²) >= 11 is 5.72. The lowest BCUT2D eigenvalue weighted by Crippen LogP contribution is -1.93. The summed E-state index contributed by atoms with van der Waals surface area (Å²) in [4.78, 5) is 0. The molecule has 0 bridgehead atoms. The summed E-state index contributed by atoms with van der Waals surface area (Å²) in [5, 5.41) is 3.43. The van der Waals surface area contributed by atoms with Gasteiger partial charge in [0.15, 0.2) is 0 Å². The Morgan fingerprint density at radius 2 is 2.06 bits per heavy atom. The Balaban J connectivity index is 2.66. The van der Waals surface area contributed by atoms with Crippen LogP contribution in [-0.4, -0.2) is 5.16 Å². The third-order valence-electron chi connectivity index (χ3n) is 2.16. The summed E-state index contributed by atoms with van der Waals surface area (Å²) in [6.07, 6.45) is -1.40. The molecule has 2 rings (SSSR count). The second-order valence-electron chi connectivity index (χ2n) is 3.11. The van der Waals surface area contributed by atoms with Crippen molar-refractivity contribution in [1.82, 2.24) is 5.16 Å². The van der Waals surface area contributed by atoms with Gasteiger partial charge in [0.25, 0.3) is 6.43 Å². The number of hydrogen-bond donors (Lipinski definition) is 1. The van der Waals surface area contributed by atoms with Gasteiger partial charge in [0, 0.05) is 5.56 Å². The highest BCUT2D eigenvalue weighted by Crippen LogP contribution is 2.38. The van der Waals surface area contributed by atoms with Crippen LogP contribution >= 0.6 is 11.6 Å². The number of alkyl halides is 2. The lowest BCUT2D eigenvalue weighted by Gasteiger charge is -2.08. The number of hydrogen-bond acceptors (Lipinski definition) is 3. The smallest absolute Gasteiger partial charge is 0.265 e. The van der Waals surface area contributed by atoms with Crippen LogP contribution in [0.4, 0.5) is 14.7 Å². The Labute approximate surface area is 94.8 Å². The van der Waals surface area contributed by atoms with Gasteiger partial charge >= 0.3 is 0 Å². The Morgan fingerprint density at radius 3 is 2.62 bits per heavy atom. The summed E-state index contributed by atoms with van der Waals surface area (Å²) in [7, 11) is 0. The molecule has 0 aliphatic rings. The van der Waals surface area contributed by atoms with E-state index >= 15 is 0 Å². The molecular weight excluding hydrogens is 238 g/mol. The van der Waals surface area contributed by atoms with Crippen LogP contribution < -0.4 is 5.73 Å². The first-order valence-electron chi connectivity index (χ1n) is 4.38. The van der Waals surface area contributed by atoms with Gasteiger partial charge in [0.05, 0.1) is 16.8 Å². The molecule has 0 amide bonds. The maximum atomic E-state index is 12.8. The maximum absolute atomic E-state index is 12.8. The third-order valence-corrected chi connectivity index (χ3v) is 2.49. The van der Waals surface area contributed by atoms with E-state index in [-0.39, 0.29) is 22.0 Å². The summed E-state index contributed by atoms with van der Waals surface area (Å²) in [6.45, 7) is 0. The van der Waals surface area contributed by atoms with Crippen LogP contribution in [0.2, 0.25) is 5.02 Å². The molecule has 2 aromatic rings. The normalized spacial score (nSPS) is 11.0. The van der Waals surface area contributed by atoms with Gasteiger partial charge in [-0.15, -0.1) is 0 Å². The van der Waals surface area contributed by atoms with Crippen LogP contribution in [0.1, 0.15) is 12.0 Å². The first-order valence-corrected chi connectivity index (χ1v) is 4.76. The van der Waals surface area contributed by atoms with Crippen molar-refractivity contribution in [2.24, 2.45) is 0 Å². The Morgan fingerprint density at radius 1 is 1.31 bits per heavy atom. The van der Waals surface area contributed by atoms with E-state index in [1.54, 1.807) is 6.07 Å². The van der Waals surface area contributed by atoms with Gasteiger partial charge in [0.1, 0.15) is 0 Å². The number of rotatable bonds is 2. The highest BCUT2D eigenvalue weighted by atomic mass is 35.5. The molecule has 0 aliphatic carbocycles. The summed E-state index contributed by atoms with van der Waals surface area (Å²) in [5.41, 5.74) is 5.76. The van der Waals surface area contributed by atoms with Crippen LogP contribution in [0.25, 0.3) is 11.1 Å². The number of halogens is 3. The topological polar surface area (TPSA) is 52.0 Å². The van der Waals surface area contributed by atoms with E-state index in [0.29, 0.717) is 5.56 Å². The van der Waals surface area contributed by atoms with Gasteiger partial charge < -0.3 is 10.3 Å². The van der Waals surface area contributed by atoms with E-state index in [0.717, 1.165) is 0 Å². The molecule has 0 fully saturated rings. The fourth-order valence-electron chi connectivity index (χ4n) is 1.44. The summed E-state index contributed by atoms with van der Waals surface area (Å²) < 4.78 is 30.3. The summed E-state index contributed by atoms with van der Waals surface area (Å²) in [6, 6.07) is 4.46. The number of benzene rings is 1. The number of nitrogens with two attached hydrogens (primary N) is 1. The van der Waals surface area contributed by atoms with E-state index in [2.05, 4.69) is 9.68 Å². The zero-order chi connectivity index (χ0) is 11.7. The zero-order valence-corrected chi connectivity index (χ0v) is 8.71. The van der Waals surface area contributed by atoms with Crippen molar-refractivity contribution in [3.05, 3.63) is 35.0 Å². The molecule has 0 aliphatic heterocycles. The van der Waals surface area contributed by atoms with Crippen molar-refractivity contribution in [3.8, 4) is 11.1 Å². The molecule has 0 saturated carbocycles. The fourth-order valence-corrected chi connectivity index (χ4v) is 1.70. The average Bonchev–Trinajstić information content (AvgIpc) is 2.63. The minimum atomic E-state index is -2.68. The SMILES string of the molecule is Nc1oncc1-c1cccc(Cl)c1C(F)F. The van der Waals surface area contributed by atoms with Gasteiger partial charge in [-0.25, -0.2) is 8.78 Å². The maximum Gasteiger partial charge on any atom is 0.265 e. The van der Waals surface area contributed by atoms with Crippen LogP contribution in [-0.2, 0) is 0 Å². The number of anilines is 1. The number of nitrogen functional groups attached to an aromatic ring is 1. The molecule has 0 radical (unpaired) electrons. The minimum absolute atomic E-state index is 0.00639. The summed E-state index contributed by atoms with van der Waals surface area (Å²) in [5.74, 6) is -0.0100. The molecule has 84 valence electrons. The molecular formula is C10H7ClF2N2O. The van der Waals surface area contributed by atoms with Crippen molar-refractivity contribution >= 4 is 17.5 Å². The molecule has 0 spiro atoms. The highest BCUT2D eigenvalue weighted by molar-refractivity contribution is 6.31. The van der Waals surface area contributed by atoms with Crippen LogP contribution in [0.3, 0.4) is 0 Å². The molecule has 0 saturated heterocycles. The second kappa shape index (κ2) is 4.09. The highest BCUT2D eigenvalue weighted by Gasteiger charge is 2.20. The van der Waals surface area contributed by atoms with E-state index in [1.165, 1.54) is 18.3 Å². The van der Waals surface area contributed by atoms with Crippen molar-refractivity contribution in [2.75, 3.05) is 5.73 Å². The lowest BCUT2D eigenvalue weighted by molar-refractivity contribution is 0.152. The van der Waals surface area contributed by atoms with Crippen molar-refractivity contribution in [1.29, 1.82) is 0 Å². The molecule has 16 heavy (non-hydrogen) atoms. The lowest BCUT2D eigenvalue weighted by atomic mass is 10.0. The van der Waals surface area contributed by atoms with E-state index in [1.807, 2.05) is 0 Å². The monoisotopic (exact) mass is 244 g/mol. The Hall–Kier alpha value is -1.62.